The van der Waals surface area contributed by atoms with Gasteiger partial charge in [0.25, 0.3) is 0 Å². The van der Waals surface area contributed by atoms with Gasteiger partial charge in [0.05, 0.1) is 12.8 Å². The Balaban J connectivity index is 1.61. The maximum absolute atomic E-state index is 13.5. The second-order valence-electron chi connectivity index (χ2n) is 9.74. The highest BCUT2D eigenvalue weighted by atomic mass is 32.2. The monoisotopic (exact) mass is 556 g/mol. The quantitative estimate of drug-likeness (QED) is 0.121. The number of hydrogen-bond donors (Lipinski definition) is 1. The molecule has 0 aromatic heterocycles. The van der Waals surface area contributed by atoms with Crippen LogP contribution in [0.25, 0.3) is 0 Å². The number of fused-ring (bicyclic) bond motifs is 1. The molecular formula is C22H30F2O12S. The van der Waals surface area contributed by atoms with Crippen LogP contribution in [0, 0.1) is 23.2 Å². The number of hydrogen-bond acceptors (Lipinski definition) is 11. The van der Waals surface area contributed by atoms with Crippen molar-refractivity contribution in [1.82, 2.24) is 0 Å². The second kappa shape index (κ2) is 10.4. The minimum atomic E-state index is -5.83. The zero-order chi connectivity index (χ0) is 27.9. The number of esters is 4. The summed E-state index contributed by atoms with van der Waals surface area (Å²) in [6.45, 7) is 6.13. The molecule has 1 N–H and O–H groups in total. The van der Waals surface area contributed by atoms with Gasteiger partial charge in [-0.15, -0.1) is 0 Å². The number of carbonyl (C=O) groups is 4. The van der Waals surface area contributed by atoms with Crippen molar-refractivity contribution in [3.05, 3.63) is 0 Å². The van der Waals surface area contributed by atoms with Crippen molar-refractivity contribution in [3.63, 3.8) is 0 Å². The summed E-state index contributed by atoms with van der Waals surface area (Å²) in [5, 5.41) is -4.74. The van der Waals surface area contributed by atoms with E-state index in [0.29, 0.717) is 13.3 Å². The van der Waals surface area contributed by atoms with Gasteiger partial charge in [0.1, 0.15) is 12.2 Å². The number of alkyl halides is 2. The zero-order valence-electron chi connectivity index (χ0n) is 20.7. The molecule has 2 heterocycles. The van der Waals surface area contributed by atoms with E-state index in [1.165, 1.54) is 0 Å². The van der Waals surface area contributed by atoms with Crippen molar-refractivity contribution >= 4 is 34.0 Å². The summed E-state index contributed by atoms with van der Waals surface area (Å²) in [4.78, 5) is 50.2. The summed E-state index contributed by atoms with van der Waals surface area (Å²) >= 11 is 0. The van der Waals surface area contributed by atoms with Crippen LogP contribution in [0.4, 0.5) is 8.78 Å². The Morgan fingerprint density at radius 1 is 1.16 bits per heavy atom. The molecule has 0 aromatic rings. The van der Waals surface area contributed by atoms with E-state index in [0.717, 1.165) is 0 Å². The molecule has 0 amide bonds. The fourth-order valence-electron chi connectivity index (χ4n) is 5.12. The summed E-state index contributed by atoms with van der Waals surface area (Å²) in [7, 11) is -5.83. The van der Waals surface area contributed by atoms with E-state index in [9.17, 15) is 36.4 Å². The van der Waals surface area contributed by atoms with Crippen LogP contribution >= 0.6 is 0 Å². The largest absolute Gasteiger partial charge is 0.458 e. The third-order valence-electron chi connectivity index (χ3n) is 6.96. The number of carbonyl (C=O) groups excluding carboxylic acids is 4. The molecule has 4 bridgehead atoms. The van der Waals surface area contributed by atoms with Gasteiger partial charge in [0.15, 0.2) is 11.5 Å². The molecule has 12 nitrogen and oxygen atoms in total. The van der Waals surface area contributed by atoms with Crippen molar-refractivity contribution < 1.29 is 64.6 Å². The molecule has 0 radical (unpaired) electrons. The van der Waals surface area contributed by atoms with Gasteiger partial charge in [-0.2, -0.15) is 17.2 Å². The normalized spacial score (nSPS) is 30.1. The molecule has 210 valence electrons. The first-order valence-electron chi connectivity index (χ1n) is 11.8. The minimum absolute atomic E-state index is 0.178. The van der Waals surface area contributed by atoms with Crippen LogP contribution in [-0.4, -0.2) is 73.3 Å². The Labute approximate surface area is 212 Å². The Hall–Kier alpha value is -2.39. The lowest BCUT2D eigenvalue weighted by Gasteiger charge is -2.46. The topological polar surface area (TPSA) is 169 Å². The second-order valence-corrected chi connectivity index (χ2v) is 11.2. The van der Waals surface area contributed by atoms with Crippen molar-refractivity contribution in [3.8, 4) is 0 Å². The fourth-order valence-corrected chi connectivity index (χ4v) is 5.59. The lowest BCUT2D eigenvalue weighted by atomic mass is 9.68. The molecular weight excluding hydrogens is 526 g/mol. The van der Waals surface area contributed by atoms with Crippen molar-refractivity contribution in [2.24, 2.45) is 23.2 Å². The van der Waals surface area contributed by atoms with Crippen molar-refractivity contribution in [2.45, 2.75) is 83.2 Å². The Kier molecular flexibility index (Phi) is 8.20. The summed E-state index contributed by atoms with van der Waals surface area (Å²) in [6, 6.07) is 0. The Bertz CT molecular complexity index is 1040. The minimum Gasteiger partial charge on any atom is -0.458 e. The zero-order valence-corrected chi connectivity index (χ0v) is 21.5. The van der Waals surface area contributed by atoms with E-state index in [-0.39, 0.29) is 24.9 Å². The van der Waals surface area contributed by atoms with Crippen LogP contribution in [0.5, 0.6) is 0 Å². The molecule has 2 aliphatic heterocycles. The molecule has 2 saturated heterocycles. The molecule has 0 spiro atoms. The standard InChI is InChI=1S/C22H30F2O12S/c1-5-32-18(10(2)3)36-20(28)21-9-12-8-13(21)17(16(12)35-19(21)27)34-15(26)7-6-14(25)33-11(4)22(23,24)37(29,30)31/h10-13,16-18H,5-9H2,1-4H3,(H,29,30,31). The van der Waals surface area contributed by atoms with Gasteiger partial charge in [0, 0.05) is 24.4 Å². The maximum atomic E-state index is 13.5. The Morgan fingerprint density at radius 3 is 2.35 bits per heavy atom. The molecule has 4 aliphatic rings. The van der Waals surface area contributed by atoms with Gasteiger partial charge in [0.2, 0.25) is 6.29 Å². The molecule has 7 atom stereocenters. The third-order valence-corrected chi connectivity index (χ3v) is 7.97. The lowest BCUT2D eigenvalue weighted by Crippen LogP contribution is -2.61. The van der Waals surface area contributed by atoms with Gasteiger partial charge >= 0.3 is 39.2 Å². The van der Waals surface area contributed by atoms with Gasteiger partial charge in [-0.3, -0.25) is 23.7 Å². The van der Waals surface area contributed by atoms with E-state index < -0.39 is 88.0 Å². The maximum Gasteiger partial charge on any atom is 0.405 e. The van der Waals surface area contributed by atoms with Crippen LogP contribution in [0.1, 0.15) is 53.4 Å². The van der Waals surface area contributed by atoms with Crippen molar-refractivity contribution in [2.75, 3.05) is 6.61 Å². The van der Waals surface area contributed by atoms with Crippen LogP contribution in [-0.2, 0) is 53.0 Å². The molecule has 37 heavy (non-hydrogen) atoms. The van der Waals surface area contributed by atoms with Gasteiger partial charge in [-0.25, -0.2) is 0 Å². The van der Waals surface area contributed by atoms with Crippen LogP contribution in [0.3, 0.4) is 0 Å². The predicted octanol–water partition coefficient (Wildman–Crippen LogP) is 1.60. The summed E-state index contributed by atoms with van der Waals surface area (Å²) in [5.41, 5.74) is -1.66. The molecule has 7 unspecified atom stereocenters. The van der Waals surface area contributed by atoms with E-state index >= 15 is 0 Å². The van der Waals surface area contributed by atoms with E-state index in [1.54, 1.807) is 20.8 Å². The molecule has 2 aliphatic carbocycles. The predicted molar refractivity (Wildman–Crippen MR) is 116 cm³/mol. The van der Waals surface area contributed by atoms with Gasteiger partial charge in [-0.1, -0.05) is 13.8 Å². The van der Waals surface area contributed by atoms with Crippen LogP contribution in [0.15, 0.2) is 0 Å². The number of rotatable bonds is 12. The van der Waals surface area contributed by atoms with Crippen molar-refractivity contribution in [1.29, 1.82) is 0 Å². The van der Waals surface area contributed by atoms with Gasteiger partial charge in [-0.05, 0) is 26.7 Å². The highest BCUT2D eigenvalue weighted by Crippen LogP contribution is 2.62. The lowest BCUT2D eigenvalue weighted by molar-refractivity contribution is -0.231. The first-order chi connectivity index (χ1) is 17.1. The van der Waals surface area contributed by atoms with E-state index in [1.807, 2.05) is 0 Å². The number of ether oxygens (including phenoxy) is 5. The van der Waals surface area contributed by atoms with Gasteiger partial charge < -0.3 is 23.7 Å². The summed E-state index contributed by atoms with van der Waals surface area (Å²) in [6.07, 6.45) is -5.94. The molecule has 4 rings (SSSR count). The average molecular weight is 557 g/mol. The SMILES string of the molecule is CCOC(OC(=O)C12CC3CC1C(OC(=O)CCC(=O)OC(C)C(F)(F)S(=O)(=O)O)C3OC2=O)C(C)C. The first kappa shape index (κ1) is 29.2. The smallest absolute Gasteiger partial charge is 0.405 e. The molecule has 2 saturated carbocycles. The highest BCUT2D eigenvalue weighted by molar-refractivity contribution is 7.86. The highest BCUT2D eigenvalue weighted by Gasteiger charge is 2.75. The molecule has 4 fully saturated rings. The Morgan fingerprint density at radius 2 is 1.78 bits per heavy atom. The number of halogens is 2. The first-order valence-corrected chi connectivity index (χ1v) is 13.3. The summed E-state index contributed by atoms with van der Waals surface area (Å²) < 4.78 is 83.3. The van der Waals surface area contributed by atoms with E-state index in [2.05, 4.69) is 4.74 Å². The molecule has 0 aromatic carbocycles. The third kappa shape index (κ3) is 5.30. The fraction of sp³-hybridized carbons (Fsp3) is 0.818. The van der Waals surface area contributed by atoms with Crippen LogP contribution in [0.2, 0.25) is 0 Å². The van der Waals surface area contributed by atoms with Crippen LogP contribution < -0.4 is 0 Å². The molecule has 15 heteroatoms. The average Bonchev–Trinajstić information content (AvgIpc) is 3.30. The van der Waals surface area contributed by atoms with E-state index in [4.69, 9.17) is 23.5 Å². The summed E-state index contributed by atoms with van der Waals surface area (Å²) in [5.74, 6) is -5.01.